The number of rotatable bonds is 5. The molecule has 0 spiro atoms. The molecule has 5 rings (SSSR count). The van der Waals surface area contributed by atoms with Crippen LogP contribution in [0, 0.1) is 35.6 Å². The average Bonchev–Trinajstić information content (AvgIpc) is 2.93. The fraction of sp³-hybridized carbons (Fsp3) is 0.0938. The number of hydrogen-bond acceptors (Lipinski definition) is 5. The van der Waals surface area contributed by atoms with E-state index >= 15 is 0 Å². The van der Waals surface area contributed by atoms with Crippen molar-refractivity contribution < 1.29 is 60.4 Å². The first-order chi connectivity index (χ1) is 17.9. The van der Waals surface area contributed by atoms with Gasteiger partial charge in [-0.1, -0.05) is 91.0 Å². The summed E-state index contributed by atoms with van der Waals surface area (Å²) in [6.45, 7) is 3.18. The minimum Gasteiger partial charge on any atom is -0.507 e. The molecule has 5 aromatic rings. The quantitative estimate of drug-likeness (QED) is 0.137. The van der Waals surface area contributed by atoms with Gasteiger partial charge in [-0.05, 0) is 53.1 Å². The zero-order valence-corrected chi connectivity index (χ0v) is 24.9. The van der Waals surface area contributed by atoms with E-state index < -0.39 is 0 Å². The van der Waals surface area contributed by atoms with Crippen LogP contribution in [0.2, 0.25) is 0 Å². The topological polar surface area (TPSA) is 87.0 Å². The Labute approximate surface area is 249 Å². The van der Waals surface area contributed by atoms with Crippen molar-refractivity contribution >= 4 is 27.3 Å². The summed E-state index contributed by atoms with van der Waals surface area (Å²) in [6, 6.07) is 32.3. The summed E-state index contributed by atoms with van der Waals surface area (Å²) in [5, 5.41) is 34.2. The van der Waals surface area contributed by atoms with Gasteiger partial charge >= 0.3 is 0 Å². The molecule has 0 bridgehead atoms. The van der Waals surface area contributed by atoms with E-state index in [1.165, 1.54) is 13.8 Å². The Morgan fingerprint density at radius 2 is 1.11 bits per heavy atom. The SMILES string of the molecule is CC(=O)/C(C)=C(\O)OCc1ccccc1.Oc1ccc2ccccc2c1-c1c(O)ccc2ccccc12.[La]. The second kappa shape index (κ2) is 13.3. The number of phenols is 2. The number of benzene rings is 5. The number of hydrogen-bond donors (Lipinski definition) is 3. The molecule has 189 valence electrons. The van der Waals surface area contributed by atoms with E-state index in [2.05, 4.69) is 0 Å². The largest absolute Gasteiger partial charge is 0.507 e. The molecule has 0 amide bonds. The van der Waals surface area contributed by atoms with Gasteiger partial charge in [0.2, 0.25) is 0 Å². The summed E-state index contributed by atoms with van der Waals surface area (Å²) in [6.07, 6.45) is 0. The van der Waals surface area contributed by atoms with Crippen molar-refractivity contribution in [3.05, 3.63) is 120 Å². The van der Waals surface area contributed by atoms with Crippen molar-refractivity contribution in [2.45, 2.75) is 20.5 Å². The van der Waals surface area contributed by atoms with Crippen LogP contribution in [0.3, 0.4) is 0 Å². The molecule has 3 N–H and O–H groups in total. The fourth-order valence-corrected chi connectivity index (χ4v) is 4.03. The fourth-order valence-electron chi connectivity index (χ4n) is 4.03. The van der Waals surface area contributed by atoms with Crippen LogP contribution in [0.4, 0.5) is 0 Å². The molecule has 0 saturated carbocycles. The van der Waals surface area contributed by atoms with Gasteiger partial charge in [0.05, 0.1) is 5.57 Å². The third kappa shape index (κ3) is 6.64. The van der Waals surface area contributed by atoms with Crippen molar-refractivity contribution in [1.82, 2.24) is 0 Å². The Morgan fingerprint density at radius 1 is 0.658 bits per heavy atom. The van der Waals surface area contributed by atoms with Gasteiger partial charge in [-0.25, -0.2) is 0 Å². The maximum Gasteiger partial charge on any atom is 0.283 e. The third-order valence-electron chi connectivity index (χ3n) is 6.13. The molecule has 0 atom stereocenters. The van der Waals surface area contributed by atoms with Gasteiger partial charge in [-0.3, -0.25) is 4.79 Å². The second-order valence-electron chi connectivity index (χ2n) is 8.62. The van der Waals surface area contributed by atoms with Crippen LogP contribution < -0.4 is 0 Å². The van der Waals surface area contributed by atoms with E-state index in [1.54, 1.807) is 12.1 Å². The molecule has 0 saturated heterocycles. The van der Waals surface area contributed by atoms with E-state index in [-0.39, 0.29) is 71.0 Å². The van der Waals surface area contributed by atoms with Crippen molar-refractivity contribution in [2.75, 3.05) is 0 Å². The number of ketones is 1. The first-order valence-corrected chi connectivity index (χ1v) is 11.9. The Hall–Kier alpha value is -3.58. The minimum absolute atomic E-state index is 0. The van der Waals surface area contributed by atoms with Gasteiger partial charge < -0.3 is 20.1 Å². The number of Topliss-reactive ketones (excluding diaryl/α,β-unsaturated/α-hetero) is 1. The normalized spacial score (nSPS) is 11.1. The number of aliphatic hydroxyl groups excluding tert-OH is 1. The van der Waals surface area contributed by atoms with E-state index in [9.17, 15) is 20.1 Å². The summed E-state index contributed by atoms with van der Waals surface area (Å²) < 4.78 is 5.07. The molecular formula is C32H28LaO5. The van der Waals surface area contributed by atoms with E-state index in [4.69, 9.17) is 4.74 Å². The summed E-state index contributed by atoms with van der Waals surface area (Å²) in [4.78, 5) is 10.9. The molecular weight excluding hydrogens is 603 g/mol. The van der Waals surface area contributed by atoms with Gasteiger partial charge in [0, 0.05) is 46.7 Å². The number of carbonyl (C=O) groups excluding carboxylic acids is 1. The molecule has 0 aliphatic rings. The predicted molar refractivity (Wildman–Crippen MR) is 147 cm³/mol. The molecule has 38 heavy (non-hydrogen) atoms. The van der Waals surface area contributed by atoms with Gasteiger partial charge in [-0.15, -0.1) is 0 Å². The average molecular weight is 631 g/mol. The minimum atomic E-state index is -0.300. The van der Waals surface area contributed by atoms with Crippen LogP contribution in [-0.4, -0.2) is 21.1 Å². The zero-order chi connectivity index (χ0) is 26.4. The molecule has 0 heterocycles. The molecule has 0 fully saturated rings. The number of carbonyl (C=O) groups is 1. The summed E-state index contributed by atoms with van der Waals surface area (Å²) in [7, 11) is 0. The standard InChI is InChI=1S/C20H14O2.C12H14O3.La/c21-17-11-9-13-5-1-3-7-15(13)19(17)20-16-8-4-2-6-14(16)10-12-18(20)22;1-9(10(2)13)12(14)15-8-11-6-4-3-5-7-11;/h1-12,21-22H;3-7,14H,8H2,1-2H3;/b;12-9+;. The van der Waals surface area contributed by atoms with Crippen LogP contribution in [0.25, 0.3) is 32.7 Å². The third-order valence-corrected chi connectivity index (χ3v) is 6.13. The second-order valence-corrected chi connectivity index (χ2v) is 8.62. The van der Waals surface area contributed by atoms with Crippen LogP contribution in [0.5, 0.6) is 11.5 Å². The van der Waals surface area contributed by atoms with Crippen LogP contribution >= 0.6 is 0 Å². The summed E-state index contributed by atoms with van der Waals surface area (Å²) in [5.41, 5.74) is 2.53. The molecule has 0 unspecified atom stereocenters. The molecule has 5 nitrogen and oxygen atoms in total. The Morgan fingerprint density at radius 3 is 1.58 bits per heavy atom. The van der Waals surface area contributed by atoms with Gasteiger partial charge in [-0.2, -0.15) is 0 Å². The first kappa shape index (κ1) is 29.0. The molecule has 5 aromatic carbocycles. The number of phenolic OH excluding ortho intramolecular Hbond substituents is 2. The van der Waals surface area contributed by atoms with Crippen LogP contribution in [-0.2, 0) is 16.1 Å². The Kier molecular flexibility index (Phi) is 10.1. The van der Waals surface area contributed by atoms with Crippen molar-refractivity contribution in [3.63, 3.8) is 0 Å². The molecule has 6 heteroatoms. The van der Waals surface area contributed by atoms with Crippen LogP contribution in [0.1, 0.15) is 19.4 Å². The van der Waals surface area contributed by atoms with Crippen molar-refractivity contribution in [3.8, 4) is 22.6 Å². The van der Waals surface area contributed by atoms with Crippen molar-refractivity contribution in [1.29, 1.82) is 0 Å². The number of allylic oxidation sites excluding steroid dienone is 1. The molecule has 0 aliphatic heterocycles. The summed E-state index contributed by atoms with van der Waals surface area (Å²) in [5.74, 6) is -0.150. The van der Waals surface area contributed by atoms with E-state index in [1.807, 2.05) is 91.0 Å². The Bertz CT molecular complexity index is 1510. The van der Waals surface area contributed by atoms with Gasteiger partial charge in [0.1, 0.15) is 18.1 Å². The van der Waals surface area contributed by atoms with Crippen molar-refractivity contribution in [2.24, 2.45) is 0 Å². The Balaban J connectivity index is 0.000000221. The summed E-state index contributed by atoms with van der Waals surface area (Å²) >= 11 is 0. The first-order valence-electron chi connectivity index (χ1n) is 11.9. The van der Waals surface area contributed by atoms with Crippen LogP contribution in [0.15, 0.2) is 115 Å². The smallest absolute Gasteiger partial charge is 0.283 e. The maximum absolute atomic E-state index is 10.9. The molecule has 1 radical (unpaired) electrons. The molecule has 0 aromatic heterocycles. The monoisotopic (exact) mass is 631 g/mol. The predicted octanol–water partition coefficient (Wildman–Crippen LogP) is 7.65. The number of aromatic hydroxyl groups is 2. The van der Waals surface area contributed by atoms with Gasteiger partial charge in [0.25, 0.3) is 5.95 Å². The maximum atomic E-state index is 10.9. The van der Waals surface area contributed by atoms with E-state index in [0.29, 0.717) is 11.1 Å². The molecule has 0 aliphatic carbocycles. The van der Waals surface area contributed by atoms with Gasteiger partial charge in [0.15, 0.2) is 5.78 Å². The number of aliphatic hydroxyl groups is 1. The zero-order valence-electron chi connectivity index (χ0n) is 21.3. The van der Waals surface area contributed by atoms with E-state index in [0.717, 1.165) is 27.1 Å². The number of ether oxygens (including phenoxy) is 1. The number of fused-ring (bicyclic) bond motifs is 2.